The summed E-state index contributed by atoms with van der Waals surface area (Å²) in [5.41, 5.74) is -0.143. The quantitative estimate of drug-likeness (QED) is 0.427. The van der Waals surface area contributed by atoms with E-state index in [2.05, 4.69) is 32.6 Å². The molecule has 1 aromatic heterocycles. The van der Waals surface area contributed by atoms with E-state index < -0.39 is 21.7 Å². The van der Waals surface area contributed by atoms with E-state index in [-0.39, 0.29) is 15.1 Å². The van der Waals surface area contributed by atoms with Crippen LogP contribution in [0.2, 0.25) is 0 Å². The highest BCUT2D eigenvalue weighted by Gasteiger charge is 2.40. The van der Waals surface area contributed by atoms with Gasteiger partial charge in [0.25, 0.3) is 0 Å². The maximum absolute atomic E-state index is 12.9. The smallest absolute Gasteiger partial charge is 0.299 e. The molecule has 2 fully saturated rings. The van der Waals surface area contributed by atoms with Gasteiger partial charge in [-0.3, -0.25) is 9.58 Å². The summed E-state index contributed by atoms with van der Waals surface area (Å²) >= 11 is 2.42. The Bertz CT molecular complexity index is 803. The molecule has 1 aliphatic heterocycles. The molecule has 0 unspecified atom stereocenters. The average molecular weight is 533 g/mol. The van der Waals surface area contributed by atoms with Gasteiger partial charge < -0.3 is 0 Å². The number of aromatic nitrogens is 2. The molecule has 2 aliphatic rings. The molecule has 1 atom stereocenters. The van der Waals surface area contributed by atoms with Gasteiger partial charge in [0.15, 0.2) is 5.69 Å². The van der Waals surface area contributed by atoms with Crippen LogP contribution >= 0.6 is 22.6 Å². The van der Waals surface area contributed by atoms with Gasteiger partial charge in [0.1, 0.15) is 9.84 Å². The third-order valence-corrected chi connectivity index (χ3v) is 8.46. The van der Waals surface area contributed by atoms with Crippen LogP contribution in [0.3, 0.4) is 0 Å². The lowest BCUT2D eigenvalue weighted by molar-refractivity contribution is -0.141. The molecule has 3 rings (SSSR count). The molecule has 0 N–H and O–H groups in total. The van der Waals surface area contributed by atoms with Gasteiger partial charge in [0, 0.05) is 40.9 Å². The molecule has 0 aromatic carbocycles. The first-order valence-corrected chi connectivity index (χ1v) is 12.7. The zero-order chi connectivity index (χ0) is 20.7. The molecule has 160 valence electrons. The Morgan fingerprint density at radius 1 is 1.29 bits per heavy atom. The van der Waals surface area contributed by atoms with Crippen molar-refractivity contribution in [2.45, 2.75) is 60.1 Å². The van der Waals surface area contributed by atoms with Crippen molar-refractivity contribution in [1.82, 2.24) is 14.7 Å². The van der Waals surface area contributed by atoms with Crippen molar-refractivity contribution in [1.29, 1.82) is 0 Å². The molecule has 0 radical (unpaired) electrons. The minimum absolute atomic E-state index is 0.00133. The van der Waals surface area contributed by atoms with Crippen LogP contribution in [0, 0.1) is 0 Å². The lowest BCUT2D eigenvalue weighted by Crippen LogP contribution is -2.38. The van der Waals surface area contributed by atoms with Crippen molar-refractivity contribution in [3.63, 3.8) is 0 Å². The standard InChI is InChI=1S/C18H27F3IN3O2S/c1-24-15(11-16(23-24)18(19,20)21)13-3-5-14(6-4-13)25-9-7-17(22,12-25)8-10-28(2,26)27/h11,13-14H,3-10,12H2,1-2H3/t13-,14-,17-/m0/s1. The van der Waals surface area contributed by atoms with Crippen LogP contribution in [0.5, 0.6) is 0 Å². The lowest BCUT2D eigenvalue weighted by Gasteiger charge is -2.35. The number of rotatable bonds is 5. The summed E-state index contributed by atoms with van der Waals surface area (Å²) in [5.74, 6) is 0.334. The van der Waals surface area contributed by atoms with E-state index in [1.165, 1.54) is 17.0 Å². The third kappa shape index (κ3) is 5.41. The second kappa shape index (κ2) is 8.05. The summed E-state index contributed by atoms with van der Waals surface area (Å²) in [7, 11) is -1.37. The van der Waals surface area contributed by atoms with Crippen molar-refractivity contribution in [2.24, 2.45) is 7.05 Å². The molecule has 1 saturated carbocycles. The summed E-state index contributed by atoms with van der Waals surface area (Å²) in [6, 6.07) is 1.63. The largest absolute Gasteiger partial charge is 0.435 e. The predicted molar refractivity (Wildman–Crippen MR) is 110 cm³/mol. The maximum Gasteiger partial charge on any atom is 0.435 e. The van der Waals surface area contributed by atoms with Crippen LogP contribution in [0.15, 0.2) is 6.07 Å². The molecule has 5 nitrogen and oxygen atoms in total. The second-order valence-corrected chi connectivity index (χ2v) is 12.9. The van der Waals surface area contributed by atoms with E-state index in [4.69, 9.17) is 0 Å². The van der Waals surface area contributed by atoms with Crippen molar-refractivity contribution < 1.29 is 21.6 Å². The van der Waals surface area contributed by atoms with Gasteiger partial charge in [0.2, 0.25) is 0 Å². The van der Waals surface area contributed by atoms with Crippen molar-refractivity contribution >= 4 is 32.4 Å². The fourth-order valence-corrected chi connectivity index (χ4v) is 6.57. The first-order valence-electron chi connectivity index (χ1n) is 9.58. The summed E-state index contributed by atoms with van der Waals surface area (Å²) in [6.45, 7) is 1.86. The highest BCUT2D eigenvalue weighted by atomic mass is 127. The fraction of sp³-hybridized carbons (Fsp3) is 0.833. The highest BCUT2D eigenvalue weighted by Crippen LogP contribution is 2.41. The van der Waals surface area contributed by atoms with Gasteiger partial charge in [0.05, 0.1) is 5.75 Å². The molecule has 1 saturated heterocycles. The number of nitrogens with zero attached hydrogens (tertiary/aromatic N) is 3. The Hall–Kier alpha value is -0.360. The van der Waals surface area contributed by atoms with Crippen molar-refractivity contribution in [2.75, 3.05) is 25.1 Å². The minimum atomic E-state index is -4.40. The number of sulfone groups is 1. The molecular formula is C18H27F3IN3O2S. The number of likely N-dealkylation sites (tertiary alicyclic amines) is 1. The molecule has 0 spiro atoms. The Morgan fingerprint density at radius 3 is 2.46 bits per heavy atom. The SMILES string of the molecule is Cn1nc(C(F)(F)F)cc1[C@H]1CC[C@H](N2CC[C@](I)(CCS(C)(=O)=O)C2)CC1. The number of aryl methyl sites for hydroxylation is 1. The van der Waals surface area contributed by atoms with Crippen LogP contribution in [0.1, 0.15) is 55.8 Å². The Labute approximate surface area is 178 Å². The minimum Gasteiger partial charge on any atom is -0.299 e. The van der Waals surface area contributed by atoms with E-state index in [0.717, 1.165) is 45.2 Å². The van der Waals surface area contributed by atoms with Crippen LogP contribution in [0.4, 0.5) is 13.2 Å². The van der Waals surface area contributed by atoms with Crippen LogP contribution in [-0.4, -0.2) is 57.7 Å². The lowest BCUT2D eigenvalue weighted by atomic mass is 9.83. The van der Waals surface area contributed by atoms with Gasteiger partial charge in [-0.2, -0.15) is 18.3 Å². The van der Waals surface area contributed by atoms with E-state index >= 15 is 0 Å². The molecule has 10 heteroatoms. The Morgan fingerprint density at radius 2 is 1.93 bits per heavy atom. The Balaban J connectivity index is 1.56. The number of alkyl halides is 4. The van der Waals surface area contributed by atoms with Gasteiger partial charge in [-0.1, -0.05) is 22.6 Å². The van der Waals surface area contributed by atoms with E-state index in [9.17, 15) is 21.6 Å². The van der Waals surface area contributed by atoms with Gasteiger partial charge >= 0.3 is 6.18 Å². The normalized spacial score (nSPS) is 30.1. The number of hydrogen-bond acceptors (Lipinski definition) is 4. The molecule has 28 heavy (non-hydrogen) atoms. The summed E-state index contributed by atoms with van der Waals surface area (Å²) < 4.78 is 63.1. The molecule has 0 bridgehead atoms. The Kier molecular flexibility index (Phi) is 6.42. The second-order valence-electron chi connectivity index (χ2n) is 8.33. The molecule has 0 amide bonds. The average Bonchev–Trinajstić information content (AvgIpc) is 3.17. The first-order chi connectivity index (χ1) is 12.9. The zero-order valence-electron chi connectivity index (χ0n) is 16.2. The van der Waals surface area contributed by atoms with Crippen LogP contribution in [0.25, 0.3) is 0 Å². The van der Waals surface area contributed by atoms with Crippen molar-refractivity contribution in [3.05, 3.63) is 17.5 Å². The molecule has 1 aromatic rings. The van der Waals surface area contributed by atoms with E-state index in [1.807, 2.05) is 0 Å². The van der Waals surface area contributed by atoms with Crippen molar-refractivity contribution in [3.8, 4) is 0 Å². The third-order valence-electron chi connectivity index (χ3n) is 6.09. The number of halogens is 4. The van der Waals surface area contributed by atoms with E-state index in [0.29, 0.717) is 18.2 Å². The highest BCUT2D eigenvalue weighted by molar-refractivity contribution is 14.1. The number of hydrogen-bond donors (Lipinski definition) is 0. The maximum atomic E-state index is 12.9. The fourth-order valence-electron chi connectivity index (χ4n) is 4.49. The summed E-state index contributed by atoms with van der Waals surface area (Å²) in [6.07, 6.45) is 2.16. The summed E-state index contributed by atoms with van der Waals surface area (Å²) in [4.78, 5) is 2.45. The predicted octanol–water partition coefficient (Wildman–Crippen LogP) is 3.78. The first kappa shape index (κ1) is 22.3. The molecular weight excluding hydrogens is 506 g/mol. The molecule has 2 heterocycles. The van der Waals surface area contributed by atoms with Gasteiger partial charge in [-0.05, 0) is 51.1 Å². The van der Waals surface area contributed by atoms with Crippen LogP contribution < -0.4 is 0 Å². The zero-order valence-corrected chi connectivity index (χ0v) is 19.1. The van der Waals surface area contributed by atoms with Gasteiger partial charge in [-0.15, -0.1) is 0 Å². The summed E-state index contributed by atoms with van der Waals surface area (Å²) in [5, 5.41) is 3.64. The van der Waals surface area contributed by atoms with E-state index in [1.54, 1.807) is 7.05 Å². The monoisotopic (exact) mass is 533 g/mol. The van der Waals surface area contributed by atoms with Crippen LogP contribution in [-0.2, 0) is 23.1 Å². The van der Waals surface area contributed by atoms with Gasteiger partial charge in [-0.25, -0.2) is 8.42 Å². The topological polar surface area (TPSA) is 55.2 Å². The molecule has 1 aliphatic carbocycles.